The van der Waals surface area contributed by atoms with Crippen molar-refractivity contribution in [3.8, 4) is 0 Å². The molecule has 0 aliphatic rings. The minimum atomic E-state index is -0.897. The molecule has 96 valence electrons. The van der Waals surface area contributed by atoms with E-state index in [0.717, 1.165) is 16.9 Å². The van der Waals surface area contributed by atoms with Crippen LogP contribution in [0.25, 0.3) is 6.08 Å². The van der Waals surface area contributed by atoms with Crippen molar-refractivity contribution in [2.24, 2.45) is 0 Å². The van der Waals surface area contributed by atoms with E-state index in [9.17, 15) is 4.79 Å². The summed E-state index contributed by atoms with van der Waals surface area (Å²) < 4.78 is 0. The fourth-order valence-corrected chi connectivity index (χ4v) is 1.66. The molecule has 2 rings (SSSR count). The average Bonchev–Trinajstić information content (AvgIpc) is 2.42. The highest BCUT2D eigenvalue weighted by atomic mass is 16.4. The lowest BCUT2D eigenvalue weighted by Crippen LogP contribution is -1.95. The number of aliphatic carboxylic acids is 1. The molecular weight excluding hydrogens is 238 g/mol. The minimum absolute atomic E-state index is 0.323. The van der Waals surface area contributed by atoms with Crippen molar-refractivity contribution >= 4 is 23.4 Å². The van der Waals surface area contributed by atoms with Gasteiger partial charge in [0.2, 0.25) is 0 Å². The Hall–Kier alpha value is -2.55. The lowest BCUT2D eigenvalue weighted by Gasteiger charge is -2.06. The SMILES string of the molecule is C/C(=C\c1ccc(Nc2ccccc2)cc1)C(=O)O. The van der Waals surface area contributed by atoms with E-state index in [0.29, 0.717) is 5.57 Å². The maximum absolute atomic E-state index is 10.7. The summed E-state index contributed by atoms with van der Waals surface area (Å²) in [5.41, 5.74) is 3.19. The number of carbonyl (C=O) groups is 1. The second-order valence-electron chi connectivity index (χ2n) is 4.25. The number of carboxylic acids is 1. The summed E-state index contributed by atoms with van der Waals surface area (Å²) in [6.07, 6.45) is 1.65. The maximum Gasteiger partial charge on any atom is 0.331 e. The summed E-state index contributed by atoms with van der Waals surface area (Å²) in [6.45, 7) is 1.58. The quantitative estimate of drug-likeness (QED) is 0.812. The van der Waals surface area contributed by atoms with Crippen LogP contribution in [0, 0.1) is 0 Å². The van der Waals surface area contributed by atoms with Gasteiger partial charge in [0.25, 0.3) is 0 Å². The predicted molar refractivity (Wildman–Crippen MR) is 77.5 cm³/mol. The van der Waals surface area contributed by atoms with E-state index in [1.807, 2.05) is 54.6 Å². The first kappa shape index (κ1) is 12.9. The van der Waals surface area contributed by atoms with Crippen LogP contribution in [0.5, 0.6) is 0 Å². The van der Waals surface area contributed by atoms with Crippen LogP contribution in [0.4, 0.5) is 11.4 Å². The highest BCUT2D eigenvalue weighted by Gasteiger charge is 2.00. The standard InChI is InChI=1S/C16H15NO2/c1-12(16(18)19)11-13-7-9-15(10-8-13)17-14-5-3-2-4-6-14/h2-11,17H,1H3,(H,18,19)/b12-11+. The topological polar surface area (TPSA) is 49.3 Å². The van der Waals surface area contributed by atoms with E-state index in [4.69, 9.17) is 5.11 Å². The van der Waals surface area contributed by atoms with Gasteiger partial charge >= 0.3 is 5.97 Å². The Bertz CT molecular complexity index is 586. The first-order chi connectivity index (χ1) is 9.15. The van der Waals surface area contributed by atoms with Gasteiger partial charge in [-0.1, -0.05) is 30.3 Å². The molecule has 0 spiro atoms. The molecule has 0 unspecified atom stereocenters. The van der Waals surface area contributed by atoms with Gasteiger partial charge in [0.1, 0.15) is 0 Å². The molecule has 0 aliphatic heterocycles. The number of hydrogen-bond acceptors (Lipinski definition) is 2. The van der Waals surface area contributed by atoms with Gasteiger partial charge in [0, 0.05) is 16.9 Å². The summed E-state index contributed by atoms with van der Waals surface area (Å²) in [7, 11) is 0. The number of carboxylic acid groups (broad SMARTS) is 1. The number of para-hydroxylation sites is 1. The Labute approximate surface area is 112 Å². The lowest BCUT2D eigenvalue weighted by atomic mass is 10.1. The third-order valence-electron chi connectivity index (χ3n) is 2.69. The molecule has 0 saturated heterocycles. The summed E-state index contributed by atoms with van der Waals surface area (Å²) >= 11 is 0. The molecule has 0 aromatic heterocycles. The number of anilines is 2. The molecule has 0 amide bonds. The fourth-order valence-electron chi connectivity index (χ4n) is 1.66. The van der Waals surface area contributed by atoms with Crippen LogP contribution in [0.3, 0.4) is 0 Å². The second-order valence-corrected chi connectivity index (χ2v) is 4.25. The molecule has 0 bridgehead atoms. The van der Waals surface area contributed by atoms with Crippen LogP contribution in [0.1, 0.15) is 12.5 Å². The molecule has 2 aromatic carbocycles. The van der Waals surface area contributed by atoms with Crippen LogP contribution < -0.4 is 5.32 Å². The minimum Gasteiger partial charge on any atom is -0.478 e. The largest absolute Gasteiger partial charge is 0.478 e. The Balaban J connectivity index is 2.11. The molecule has 0 saturated carbocycles. The van der Waals surface area contributed by atoms with Crippen molar-refractivity contribution in [1.29, 1.82) is 0 Å². The van der Waals surface area contributed by atoms with Crippen LogP contribution in [0.2, 0.25) is 0 Å². The first-order valence-corrected chi connectivity index (χ1v) is 5.99. The zero-order chi connectivity index (χ0) is 13.7. The van der Waals surface area contributed by atoms with E-state index in [-0.39, 0.29) is 0 Å². The van der Waals surface area contributed by atoms with Gasteiger partial charge in [-0.3, -0.25) is 0 Å². The molecule has 0 fully saturated rings. The normalized spacial score (nSPS) is 11.1. The Morgan fingerprint density at radius 1 is 1.00 bits per heavy atom. The molecule has 2 N–H and O–H groups in total. The molecule has 0 heterocycles. The van der Waals surface area contributed by atoms with Gasteiger partial charge in [0.15, 0.2) is 0 Å². The Morgan fingerprint density at radius 2 is 1.58 bits per heavy atom. The van der Waals surface area contributed by atoms with E-state index in [2.05, 4.69) is 5.32 Å². The van der Waals surface area contributed by atoms with Crippen molar-refractivity contribution in [2.45, 2.75) is 6.92 Å². The third-order valence-corrected chi connectivity index (χ3v) is 2.69. The van der Waals surface area contributed by atoms with E-state index in [1.54, 1.807) is 13.0 Å². The predicted octanol–water partition coefficient (Wildman–Crippen LogP) is 3.92. The molecule has 3 heteroatoms. The summed E-state index contributed by atoms with van der Waals surface area (Å²) in [4.78, 5) is 10.7. The number of rotatable bonds is 4. The summed E-state index contributed by atoms with van der Waals surface area (Å²) in [5, 5.41) is 12.1. The summed E-state index contributed by atoms with van der Waals surface area (Å²) in [5.74, 6) is -0.897. The number of benzene rings is 2. The van der Waals surface area contributed by atoms with E-state index >= 15 is 0 Å². The second kappa shape index (κ2) is 5.87. The molecule has 0 atom stereocenters. The van der Waals surface area contributed by atoms with E-state index < -0.39 is 5.97 Å². The third kappa shape index (κ3) is 3.71. The Kier molecular flexibility index (Phi) is 3.98. The van der Waals surface area contributed by atoms with Gasteiger partial charge in [0.05, 0.1) is 0 Å². The summed E-state index contributed by atoms with van der Waals surface area (Å²) in [6, 6.07) is 17.5. The van der Waals surface area contributed by atoms with Crippen molar-refractivity contribution in [1.82, 2.24) is 0 Å². The van der Waals surface area contributed by atoms with Gasteiger partial charge in [-0.2, -0.15) is 0 Å². The first-order valence-electron chi connectivity index (χ1n) is 5.99. The molecule has 0 aliphatic carbocycles. The molecule has 2 aromatic rings. The lowest BCUT2D eigenvalue weighted by molar-refractivity contribution is -0.132. The van der Waals surface area contributed by atoms with Crippen molar-refractivity contribution in [2.75, 3.05) is 5.32 Å². The van der Waals surface area contributed by atoms with Gasteiger partial charge < -0.3 is 10.4 Å². The number of nitrogens with one attached hydrogen (secondary N) is 1. The van der Waals surface area contributed by atoms with Crippen molar-refractivity contribution in [3.05, 3.63) is 65.7 Å². The Morgan fingerprint density at radius 3 is 2.16 bits per heavy atom. The van der Waals surface area contributed by atoms with Gasteiger partial charge in [-0.05, 0) is 42.8 Å². The monoisotopic (exact) mass is 253 g/mol. The van der Waals surface area contributed by atoms with Crippen LogP contribution >= 0.6 is 0 Å². The zero-order valence-electron chi connectivity index (χ0n) is 10.6. The van der Waals surface area contributed by atoms with Crippen LogP contribution in [-0.2, 0) is 4.79 Å². The van der Waals surface area contributed by atoms with E-state index in [1.165, 1.54) is 0 Å². The van der Waals surface area contributed by atoms with Crippen LogP contribution in [-0.4, -0.2) is 11.1 Å². The molecule has 0 radical (unpaired) electrons. The van der Waals surface area contributed by atoms with Crippen molar-refractivity contribution < 1.29 is 9.90 Å². The molecule has 3 nitrogen and oxygen atoms in total. The van der Waals surface area contributed by atoms with Crippen molar-refractivity contribution in [3.63, 3.8) is 0 Å². The van der Waals surface area contributed by atoms with Crippen LogP contribution in [0.15, 0.2) is 60.2 Å². The zero-order valence-corrected chi connectivity index (χ0v) is 10.6. The molecule has 19 heavy (non-hydrogen) atoms. The fraction of sp³-hybridized carbons (Fsp3) is 0.0625. The number of hydrogen-bond donors (Lipinski definition) is 2. The molecular formula is C16H15NO2. The maximum atomic E-state index is 10.7. The van der Waals surface area contributed by atoms with Gasteiger partial charge in [-0.15, -0.1) is 0 Å². The highest BCUT2D eigenvalue weighted by molar-refractivity contribution is 5.91. The highest BCUT2D eigenvalue weighted by Crippen LogP contribution is 2.17. The smallest absolute Gasteiger partial charge is 0.331 e. The van der Waals surface area contributed by atoms with Gasteiger partial charge in [-0.25, -0.2) is 4.79 Å². The average molecular weight is 253 g/mol.